The summed E-state index contributed by atoms with van der Waals surface area (Å²) in [6, 6.07) is 19.5. The van der Waals surface area contributed by atoms with Gasteiger partial charge in [0.25, 0.3) is 21.8 Å². The Bertz CT molecular complexity index is 1300. The minimum Gasteiger partial charge on any atom is -0.495 e. The number of amides is 2. The summed E-state index contributed by atoms with van der Waals surface area (Å²) in [5, 5.41) is 0. The van der Waals surface area contributed by atoms with Crippen LogP contribution in [0.5, 0.6) is 5.75 Å². The van der Waals surface area contributed by atoms with Crippen molar-refractivity contribution in [3.63, 3.8) is 0 Å². The van der Waals surface area contributed by atoms with Crippen molar-refractivity contribution >= 4 is 33.6 Å². The van der Waals surface area contributed by atoms with Crippen molar-refractivity contribution in [1.82, 2.24) is 10.9 Å². The number of para-hydroxylation sites is 2. The minimum atomic E-state index is -3.99. The van der Waals surface area contributed by atoms with Crippen molar-refractivity contribution in [1.29, 1.82) is 0 Å². The first kappa shape index (κ1) is 23.6. The van der Waals surface area contributed by atoms with Crippen LogP contribution in [0.15, 0.2) is 83.8 Å². The minimum absolute atomic E-state index is 0.0566. The highest BCUT2D eigenvalue weighted by Crippen LogP contribution is 2.26. The van der Waals surface area contributed by atoms with Crippen LogP contribution in [0.2, 0.25) is 0 Å². The molecule has 9 heteroatoms. The summed E-state index contributed by atoms with van der Waals surface area (Å²) in [6.07, 6.45) is 2.92. The van der Waals surface area contributed by atoms with Crippen LogP contribution in [0.4, 0.5) is 5.69 Å². The predicted octanol–water partition coefficient (Wildman–Crippen LogP) is 3.28. The van der Waals surface area contributed by atoms with Gasteiger partial charge in [0.05, 0.1) is 17.7 Å². The number of hydrogen-bond acceptors (Lipinski definition) is 5. The van der Waals surface area contributed by atoms with Crippen LogP contribution < -0.4 is 20.3 Å². The van der Waals surface area contributed by atoms with E-state index >= 15 is 0 Å². The van der Waals surface area contributed by atoms with Crippen molar-refractivity contribution < 1.29 is 22.7 Å². The summed E-state index contributed by atoms with van der Waals surface area (Å²) in [4.78, 5) is 24.3. The number of rotatable bonds is 7. The highest BCUT2D eigenvalue weighted by molar-refractivity contribution is 7.92. The molecule has 0 aliphatic carbocycles. The van der Waals surface area contributed by atoms with Gasteiger partial charge >= 0.3 is 0 Å². The van der Waals surface area contributed by atoms with E-state index in [1.54, 1.807) is 30.3 Å². The topological polar surface area (TPSA) is 114 Å². The van der Waals surface area contributed by atoms with E-state index in [1.807, 2.05) is 31.2 Å². The molecule has 0 fully saturated rings. The highest BCUT2D eigenvalue weighted by atomic mass is 32.2. The van der Waals surface area contributed by atoms with Gasteiger partial charge in [-0.1, -0.05) is 42.5 Å². The number of ether oxygens (including phenoxy) is 1. The molecule has 0 atom stereocenters. The molecule has 8 nitrogen and oxygen atoms in total. The molecule has 0 unspecified atom stereocenters. The van der Waals surface area contributed by atoms with E-state index in [9.17, 15) is 18.0 Å². The lowest BCUT2D eigenvalue weighted by atomic mass is 10.1. The number of benzene rings is 3. The van der Waals surface area contributed by atoms with Gasteiger partial charge in [-0.05, 0) is 54.5 Å². The van der Waals surface area contributed by atoms with E-state index in [0.717, 1.165) is 11.1 Å². The standard InChI is InChI=1S/C24H23N3O5S/c1-17-8-3-4-9-18(17)14-15-23(28)25-26-24(29)19-10-7-11-20(16-19)33(30,31)27-21-12-5-6-13-22(21)32-2/h3-16,27H,1-2H3,(H,25,28)(H,26,29)/b15-14+. The van der Waals surface area contributed by atoms with Gasteiger partial charge in [0.1, 0.15) is 5.75 Å². The zero-order chi connectivity index (χ0) is 23.8. The van der Waals surface area contributed by atoms with E-state index in [0.29, 0.717) is 5.75 Å². The average Bonchev–Trinajstić information content (AvgIpc) is 2.82. The van der Waals surface area contributed by atoms with Crippen LogP contribution in [-0.4, -0.2) is 27.3 Å². The SMILES string of the molecule is COc1ccccc1NS(=O)(=O)c1cccc(C(=O)NNC(=O)/C=C/c2ccccc2C)c1. The molecule has 0 aliphatic heterocycles. The molecule has 0 aliphatic rings. The van der Waals surface area contributed by atoms with Gasteiger partial charge in [0.15, 0.2) is 0 Å². The van der Waals surface area contributed by atoms with E-state index < -0.39 is 21.8 Å². The highest BCUT2D eigenvalue weighted by Gasteiger charge is 2.18. The van der Waals surface area contributed by atoms with Crippen molar-refractivity contribution in [3.05, 3.63) is 95.6 Å². The third-order valence-electron chi connectivity index (χ3n) is 4.66. The second kappa shape index (κ2) is 10.5. The second-order valence-corrected chi connectivity index (χ2v) is 8.65. The average molecular weight is 466 g/mol. The Hall–Kier alpha value is -4.11. The van der Waals surface area contributed by atoms with E-state index in [-0.39, 0.29) is 16.1 Å². The number of sulfonamides is 1. The number of anilines is 1. The second-order valence-electron chi connectivity index (χ2n) is 6.97. The maximum atomic E-state index is 12.8. The van der Waals surface area contributed by atoms with Crippen molar-refractivity contribution in [2.24, 2.45) is 0 Å². The lowest BCUT2D eigenvalue weighted by Crippen LogP contribution is -2.40. The largest absolute Gasteiger partial charge is 0.495 e. The Morgan fingerprint density at radius 3 is 2.39 bits per heavy atom. The van der Waals surface area contributed by atoms with Crippen molar-refractivity contribution in [2.75, 3.05) is 11.8 Å². The molecule has 0 saturated carbocycles. The normalized spacial score (nSPS) is 11.1. The van der Waals surface area contributed by atoms with Gasteiger partial charge in [-0.15, -0.1) is 0 Å². The van der Waals surface area contributed by atoms with E-state index in [2.05, 4.69) is 15.6 Å². The number of hydrazine groups is 1. The molecule has 3 aromatic rings. The molecule has 0 bridgehead atoms. The molecule has 2 amide bonds. The van der Waals surface area contributed by atoms with E-state index in [4.69, 9.17) is 4.74 Å². The van der Waals surface area contributed by atoms with Crippen molar-refractivity contribution in [3.8, 4) is 5.75 Å². The first-order chi connectivity index (χ1) is 15.8. The molecule has 3 aromatic carbocycles. The monoisotopic (exact) mass is 465 g/mol. The van der Waals surface area contributed by atoms with E-state index in [1.165, 1.54) is 37.5 Å². The van der Waals surface area contributed by atoms with Crippen LogP contribution in [0.3, 0.4) is 0 Å². The molecule has 0 heterocycles. The molecule has 0 saturated heterocycles. The number of carbonyl (C=O) groups is 2. The number of carbonyl (C=O) groups excluding carboxylic acids is 2. The molecule has 170 valence electrons. The molecule has 3 N–H and O–H groups in total. The third kappa shape index (κ3) is 6.20. The lowest BCUT2D eigenvalue weighted by molar-refractivity contribution is -0.117. The third-order valence-corrected chi connectivity index (χ3v) is 6.02. The Balaban J connectivity index is 1.66. The van der Waals surface area contributed by atoms with Gasteiger partial charge in [-0.25, -0.2) is 8.42 Å². The fourth-order valence-electron chi connectivity index (χ4n) is 2.91. The molecule has 0 aromatic heterocycles. The van der Waals surface area contributed by atoms with Crippen LogP contribution in [0.25, 0.3) is 6.08 Å². The zero-order valence-electron chi connectivity index (χ0n) is 18.0. The maximum Gasteiger partial charge on any atom is 0.269 e. The summed E-state index contributed by atoms with van der Waals surface area (Å²) in [5.41, 5.74) is 6.75. The first-order valence-electron chi connectivity index (χ1n) is 9.90. The zero-order valence-corrected chi connectivity index (χ0v) is 18.8. The Morgan fingerprint density at radius 2 is 1.64 bits per heavy atom. The molecule has 33 heavy (non-hydrogen) atoms. The van der Waals surface area contributed by atoms with Crippen LogP contribution in [-0.2, 0) is 14.8 Å². The van der Waals surface area contributed by atoms with Crippen LogP contribution in [0.1, 0.15) is 21.5 Å². The Labute approximate surface area is 192 Å². The summed E-state index contributed by atoms with van der Waals surface area (Å²) >= 11 is 0. The Kier molecular flexibility index (Phi) is 7.47. The quantitative estimate of drug-likeness (QED) is 0.366. The molecule has 0 radical (unpaired) electrons. The summed E-state index contributed by atoms with van der Waals surface area (Å²) < 4.78 is 33.2. The maximum absolute atomic E-state index is 12.8. The first-order valence-corrected chi connectivity index (χ1v) is 11.4. The predicted molar refractivity (Wildman–Crippen MR) is 126 cm³/mol. The summed E-state index contributed by atoms with van der Waals surface area (Å²) in [7, 11) is -2.55. The number of aryl methyl sites for hydroxylation is 1. The molecule has 3 rings (SSSR count). The van der Waals surface area contributed by atoms with Gasteiger partial charge in [-0.2, -0.15) is 0 Å². The van der Waals surface area contributed by atoms with Gasteiger partial charge < -0.3 is 4.74 Å². The van der Waals surface area contributed by atoms with Gasteiger partial charge in [0, 0.05) is 11.6 Å². The fraction of sp³-hybridized carbons (Fsp3) is 0.0833. The molecular weight excluding hydrogens is 442 g/mol. The van der Waals surface area contributed by atoms with Gasteiger partial charge in [0.2, 0.25) is 0 Å². The van der Waals surface area contributed by atoms with Crippen LogP contribution >= 0.6 is 0 Å². The molecule has 0 spiro atoms. The summed E-state index contributed by atoms with van der Waals surface area (Å²) in [6.45, 7) is 1.92. The number of methoxy groups -OCH3 is 1. The smallest absolute Gasteiger partial charge is 0.269 e. The van der Waals surface area contributed by atoms with Gasteiger partial charge in [-0.3, -0.25) is 25.2 Å². The molecular formula is C24H23N3O5S. The fourth-order valence-corrected chi connectivity index (χ4v) is 4.02. The Morgan fingerprint density at radius 1 is 0.909 bits per heavy atom. The summed E-state index contributed by atoms with van der Waals surface area (Å²) in [5.74, 6) is -0.841. The lowest BCUT2D eigenvalue weighted by Gasteiger charge is -2.12. The number of nitrogens with one attached hydrogen (secondary N) is 3. The number of hydrogen-bond donors (Lipinski definition) is 3. The van der Waals surface area contributed by atoms with Crippen molar-refractivity contribution in [2.45, 2.75) is 11.8 Å². The van der Waals surface area contributed by atoms with Crippen LogP contribution in [0, 0.1) is 6.92 Å².